The summed E-state index contributed by atoms with van der Waals surface area (Å²) in [6.45, 7) is 0. The van der Waals surface area contributed by atoms with E-state index in [1.54, 1.807) is 30.8 Å². The molecule has 0 unspecified atom stereocenters. The maximum atomic E-state index is 10.7. The monoisotopic (exact) mass is 141 g/mol. The molecule has 1 rings (SSSR count). The van der Waals surface area contributed by atoms with E-state index in [9.17, 15) is 4.21 Å². The second-order valence-electron chi connectivity index (χ2n) is 1.64. The molecule has 48 valence electrons. The normalized spacial score (nSPS) is 13.0. The van der Waals surface area contributed by atoms with Crippen LogP contribution in [0.15, 0.2) is 29.4 Å². The Morgan fingerprint density at radius 1 is 1.67 bits per heavy atom. The average molecular weight is 141 g/mol. The fourth-order valence-electron chi connectivity index (χ4n) is 0.517. The molecule has 0 aliphatic rings. The molecule has 3 heteroatoms. The first-order valence-electron chi connectivity index (χ1n) is 2.54. The molecule has 0 N–H and O–H groups in total. The summed E-state index contributed by atoms with van der Waals surface area (Å²) in [6, 6.07) is 3.57. The first-order chi connectivity index (χ1) is 4.30. The molecule has 0 fully saturated rings. The number of pyridine rings is 1. The molecule has 2 nitrogen and oxygen atoms in total. The molecular weight excluding hydrogens is 134 g/mol. The van der Waals surface area contributed by atoms with Crippen LogP contribution in [0.2, 0.25) is 0 Å². The van der Waals surface area contributed by atoms with Crippen LogP contribution in [0.3, 0.4) is 0 Å². The highest BCUT2D eigenvalue weighted by Gasteiger charge is 1.91. The molecule has 0 saturated heterocycles. The van der Waals surface area contributed by atoms with Crippen LogP contribution in [-0.2, 0) is 10.8 Å². The number of aromatic nitrogens is 1. The Balaban J connectivity index is 2.98. The zero-order valence-corrected chi connectivity index (χ0v) is 5.89. The van der Waals surface area contributed by atoms with Gasteiger partial charge in [-0.15, -0.1) is 0 Å². The minimum Gasteiger partial charge on any atom is -0.263 e. The van der Waals surface area contributed by atoms with Crippen LogP contribution in [0.25, 0.3) is 0 Å². The SMILES string of the molecule is C[S@@](=O)c1cccnc1. The molecule has 0 aliphatic carbocycles. The van der Waals surface area contributed by atoms with E-state index in [-0.39, 0.29) is 0 Å². The Morgan fingerprint density at radius 2 is 2.44 bits per heavy atom. The van der Waals surface area contributed by atoms with E-state index >= 15 is 0 Å². The molecule has 0 aliphatic heterocycles. The second-order valence-corrected chi connectivity index (χ2v) is 3.02. The van der Waals surface area contributed by atoms with Gasteiger partial charge >= 0.3 is 0 Å². The number of rotatable bonds is 1. The predicted molar refractivity (Wildman–Crippen MR) is 36.6 cm³/mol. The van der Waals surface area contributed by atoms with Gasteiger partial charge in [-0.2, -0.15) is 0 Å². The van der Waals surface area contributed by atoms with Crippen LogP contribution in [0.1, 0.15) is 0 Å². The van der Waals surface area contributed by atoms with Crippen LogP contribution in [0, 0.1) is 0 Å². The summed E-state index contributed by atoms with van der Waals surface area (Å²) in [7, 11) is -0.891. The predicted octanol–water partition coefficient (Wildman–Crippen LogP) is 0.819. The average Bonchev–Trinajstić information content (AvgIpc) is 1.90. The van der Waals surface area contributed by atoms with Crippen LogP contribution in [-0.4, -0.2) is 15.4 Å². The van der Waals surface area contributed by atoms with Gasteiger partial charge in [0.25, 0.3) is 0 Å². The molecule has 1 aromatic heterocycles. The minimum atomic E-state index is -0.891. The van der Waals surface area contributed by atoms with Crippen molar-refractivity contribution in [3.8, 4) is 0 Å². The van der Waals surface area contributed by atoms with Gasteiger partial charge in [-0.1, -0.05) is 0 Å². The van der Waals surface area contributed by atoms with Gasteiger partial charge in [0.05, 0.1) is 15.7 Å². The van der Waals surface area contributed by atoms with E-state index in [4.69, 9.17) is 0 Å². The summed E-state index contributed by atoms with van der Waals surface area (Å²) >= 11 is 0. The van der Waals surface area contributed by atoms with Crippen LogP contribution >= 0.6 is 0 Å². The summed E-state index contributed by atoms with van der Waals surface area (Å²) < 4.78 is 10.7. The van der Waals surface area contributed by atoms with Crippen LogP contribution in [0.4, 0.5) is 0 Å². The highest BCUT2D eigenvalue weighted by atomic mass is 32.2. The molecule has 1 aromatic rings. The van der Waals surface area contributed by atoms with Gasteiger partial charge in [-0.3, -0.25) is 9.19 Å². The van der Waals surface area contributed by atoms with Crippen molar-refractivity contribution in [1.29, 1.82) is 0 Å². The lowest BCUT2D eigenvalue weighted by Crippen LogP contribution is -1.85. The van der Waals surface area contributed by atoms with E-state index in [2.05, 4.69) is 4.98 Å². The third-order valence-electron chi connectivity index (χ3n) is 0.966. The van der Waals surface area contributed by atoms with Gasteiger partial charge in [-0.05, 0) is 12.1 Å². The van der Waals surface area contributed by atoms with Gasteiger partial charge in [0.1, 0.15) is 0 Å². The second kappa shape index (κ2) is 2.73. The Morgan fingerprint density at radius 3 is 2.78 bits per heavy atom. The minimum absolute atomic E-state index is 0.775. The van der Waals surface area contributed by atoms with Gasteiger partial charge < -0.3 is 0 Å². The lowest BCUT2D eigenvalue weighted by Gasteiger charge is -1.90. The zero-order chi connectivity index (χ0) is 6.69. The Bertz CT molecular complexity index is 210. The van der Waals surface area contributed by atoms with Gasteiger partial charge in [-0.25, -0.2) is 0 Å². The molecule has 1 atom stereocenters. The first kappa shape index (κ1) is 6.42. The first-order valence-corrected chi connectivity index (χ1v) is 4.10. The van der Waals surface area contributed by atoms with E-state index in [0.717, 1.165) is 4.90 Å². The summed E-state index contributed by atoms with van der Waals surface area (Å²) in [5.74, 6) is 0. The van der Waals surface area contributed by atoms with Crippen molar-refractivity contribution in [2.24, 2.45) is 0 Å². The van der Waals surface area contributed by atoms with Crippen molar-refractivity contribution in [2.45, 2.75) is 4.90 Å². The van der Waals surface area contributed by atoms with Crippen molar-refractivity contribution >= 4 is 10.8 Å². The van der Waals surface area contributed by atoms with Gasteiger partial charge in [0.2, 0.25) is 0 Å². The lowest BCUT2D eigenvalue weighted by atomic mass is 10.5. The van der Waals surface area contributed by atoms with Crippen molar-refractivity contribution < 1.29 is 4.21 Å². The van der Waals surface area contributed by atoms with Crippen LogP contribution < -0.4 is 0 Å². The van der Waals surface area contributed by atoms with Crippen molar-refractivity contribution in [3.63, 3.8) is 0 Å². The molecule has 0 spiro atoms. The molecule has 0 saturated carbocycles. The molecule has 9 heavy (non-hydrogen) atoms. The summed E-state index contributed by atoms with van der Waals surface area (Å²) in [4.78, 5) is 4.59. The lowest BCUT2D eigenvalue weighted by molar-refractivity contribution is 0.686. The van der Waals surface area contributed by atoms with Crippen LogP contribution in [0.5, 0.6) is 0 Å². The van der Waals surface area contributed by atoms with Crippen molar-refractivity contribution in [3.05, 3.63) is 24.5 Å². The Labute approximate surface area is 56.4 Å². The molecule has 0 bridgehead atoms. The maximum absolute atomic E-state index is 10.7. The molecular formula is C6H7NOS. The third-order valence-corrected chi connectivity index (χ3v) is 1.87. The van der Waals surface area contributed by atoms with Gasteiger partial charge in [0, 0.05) is 18.6 Å². The number of hydrogen-bond donors (Lipinski definition) is 0. The molecule has 0 radical (unpaired) electrons. The van der Waals surface area contributed by atoms with E-state index in [1.165, 1.54) is 0 Å². The van der Waals surface area contributed by atoms with Crippen molar-refractivity contribution in [2.75, 3.05) is 6.26 Å². The number of nitrogens with zero attached hydrogens (tertiary/aromatic N) is 1. The molecule has 0 aromatic carbocycles. The van der Waals surface area contributed by atoms with E-state index in [0.29, 0.717) is 0 Å². The number of hydrogen-bond acceptors (Lipinski definition) is 2. The third kappa shape index (κ3) is 1.61. The Hall–Kier alpha value is -0.700. The van der Waals surface area contributed by atoms with Crippen molar-refractivity contribution in [1.82, 2.24) is 4.98 Å². The van der Waals surface area contributed by atoms with Gasteiger partial charge in [0.15, 0.2) is 0 Å². The zero-order valence-electron chi connectivity index (χ0n) is 5.07. The Kier molecular flexibility index (Phi) is 1.95. The smallest absolute Gasteiger partial charge is 0.0568 e. The highest BCUT2D eigenvalue weighted by molar-refractivity contribution is 7.84. The van der Waals surface area contributed by atoms with E-state index in [1.807, 2.05) is 0 Å². The summed E-state index contributed by atoms with van der Waals surface area (Å²) in [6.07, 6.45) is 4.91. The topological polar surface area (TPSA) is 30.0 Å². The largest absolute Gasteiger partial charge is 0.263 e. The fraction of sp³-hybridized carbons (Fsp3) is 0.167. The summed E-state index contributed by atoms with van der Waals surface area (Å²) in [5, 5.41) is 0. The fourth-order valence-corrected chi connectivity index (χ4v) is 0.997. The molecule has 0 amide bonds. The summed E-state index contributed by atoms with van der Waals surface area (Å²) in [5.41, 5.74) is 0. The highest BCUT2D eigenvalue weighted by Crippen LogP contribution is 1.98. The molecule has 1 heterocycles. The maximum Gasteiger partial charge on any atom is 0.0568 e. The standard InChI is InChI=1S/C6H7NOS/c1-9(8)6-3-2-4-7-5-6/h2-5H,1H3/t9-/m1/s1. The van der Waals surface area contributed by atoms with E-state index < -0.39 is 10.8 Å². The quantitative estimate of drug-likeness (QED) is 0.579.